The number of halogens is 3. The zero-order chi connectivity index (χ0) is 21.7. The van der Waals surface area contributed by atoms with E-state index in [0.29, 0.717) is 34.4 Å². The smallest absolute Gasteiger partial charge is 0.406 e. The lowest BCUT2D eigenvalue weighted by Gasteiger charge is -2.16. The van der Waals surface area contributed by atoms with Crippen LogP contribution in [0.5, 0.6) is 5.75 Å². The lowest BCUT2D eigenvalue weighted by Crippen LogP contribution is -2.17. The van der Waals surface area contributed by atoms with Crippen LogP contribution in [0.1, 0.15) is 25.8 Å². The monoisotopic (exact) mass is 417 g/mol. The number of aryl methyl sites for hydroxylation is 1. The highest BCUT2D eigenvalue weighted by Gasteiger charge is 2.31. The van der Waals surface area contributed by atoms with Gasteiger partial charge in [-0.1, -0.05) is 13.0 Å². The van der Waals surface area contributed by atoms with Crippen molar-refractivity contribution in [2.75, 3.05) is 10.6 Å². The number of anilines is 3. The predicted molar refractivity (Wildman–Crippen MR) is 110 cm³/mol. The maximum absolute atomic E-state index is 12.4. The third-order valence-electron chi connectivity index (χ3n) is 4.34. The van der Waals surface area contributed by atoms with Crippen molar-refractivity contribution in [1.82, 2.24) is 15.0 Å². The highest BCUT2D eigenvalue weighted by atomic mass is 19.4. The first-order valence-corrected chi connectivity index (χ1v) is 9.44. The van der Waals surface area contributed by atoms with Gasteiger partial charge in [0.15, 0.2) is 0 Å². The minimum atomic E-state index is -4.73. The van der Waals surface area contributed by atoms with E-state index in [9.17, 15) is 13.2 Å². The molecule has 0 saturated carbocycles. The Hall–Kier alpha value is -3.36. The third-order valence-corrected chi connectivity index (χ3v) is 4.34. The Morgan fingerprint density at radius 2 is 1.87 bits per heavy atom. The first kappa shape index (κ1) is 21.4. The molecule has 2 N–H and O–H groups in total. The first-order chi connectivity index (χ1) is 14.2. The summed E-state index contributed by atoms with van der Waals surface area (Å²) in [5.41, 5.74) is 2.48. The van der Waals surface area contributed by atoms with Crippen molar-refractivity contribution in [3.8, 4) is 17.1 Å². The summed E-state index contributed by atoms with van der Waals surface area (Å²) in [6, 6.07) is 11.5. The second-order valence-electron chi connectivity index (χ2n) is 6.78. The molecule has 0 bridgehead atoms. The summed E-state index contributed by atoms with van der Waals surface area (Å²) in [7, 11) is 0. The van der Waals surface area contributed by atoms with Gasteiger partial charge in [0.1, 0.15) is 11.6 Å². The van der Waals surface area contributed by atoms with E-state index in [1.807, 2.05) is 32.0 Å². The van der Waals surface area contributed by atoms with E-state index in [4.69, 9.17) is 0 Å². The van der Waals surface area contributed by atoms with Gasteiger partial charge in [-0.25, -0.2) is 4.98 Å². The van der Waals surface area contributed by atoms with E-state index in [1.165, 1.54) is 18.2 Å². The fourth-order valence-corrected chi connectivity index (χ4v) is 2.66. The fraction of sp³-hybridized carbons (Fsp3) is 0.286. The molecule has 1 atom stereocenters. The molecule has 0 aliphatic rings. The highest BCUT2D eigenvalue weighted by molar-refractivity contribution is 5.67. The summed E-state index contributed by atoms with van der Waals surface area (Å²) in [6.07, 6.45) is -2.17. The van der Waals surface area contributed by atoms with Crippen LogP contribution in [0.3, 0.4) is 0 Å². The Bertz CT molecular complexity index is 996. The zero-order valence-electron chi connectivity index (χ0n) is 16.8. The summed E-state index contributed by atoms with van der Waals surface area (Å²) in [5, 5.41) is 6.39. The van der Waals surface area contributed by atoms with E-state index in [2.05, 4.69) is 30.3 Å². The minimum absolute atomic E-state index is 0.164. The molecule has 2 heterocycles. The van der Waals surface area contributed by atoms with Gasteiger partial charge in [-0.05, 0) is 56.2 Å². The van der Waals surface area contributed by atoms with Crippen LogP contribution in [0.4, 0.5) is 30.6 Å². The molecule has 0 aliphatic heterocycles. The Kier molecular flexibility index (Phi) is 6.39. The summed E-state index contributed by atoms with van der Waals surface area (Å²) in [4.78, 5) is 13.4. The number of aromatic nitrogens is 3. The molecule has 3 rings (SSSR count). The van der Waals surface area contributed by atoms with Gasteiger partial charge < -0.3 is 15.4 Å². The standard InChI is InChI=1S/C21H22F3N5O/c1-4-14(3)26-20-28-18(17-7-5-6-10-25-17)12-19(29-20)27-16-9-8-15(11-13(16)2)30-21(22,23)24/h5-12,14H,4H2,1-3H3,(H2,26,27,28,29)/t14-/m0/s1. The molecular weight excluding hydrogens is 395 g/mol. The number of hydrogen-bond donors (Lipinski definition) is 2. The van der Waals surface area contributed by atoms with E-state index < -0.39 is 6.36 Å². The van der Waals surface area contributed by atoms with Gasteiger partial charge in [0, 0.05) is 24.0 Å². The molecule has 0 aliphatic carbocycles. The summed E-state index contributed by atoms with van der Waals surface area (Å²) in [6.45, 7) is 5.76. The van der Waals surface area contributed by atoms with Gasteiger partial charge in [-0.15, -0.1) is 13.2 Å². The van der Waals surface area contributed by atoms with Crippen LogP contribution in [0.15, 0.2) is 48.7 Å². The summed E-state index contributed by atoms with van der Waals surface area (Å²) < 4.78 is 41.3. The van der Waals surface area contributed by atoms with Crippen LogP contribution < -0.4 is 15.4 Å². The Labute approximate surface area is 172 Å². The zero-order valence-corrected chi connectivity index (χ0v) is 16.8. The lowest BCUT2D eigenvalue weighted by molar-refractivity contribution is -0.274. The molecular formula is C21H22F3N5O. The van der Waals surface area contributed by atoms with Crippen LogP contribution in [0.2, 0.25) is 0 Å². The molecule has 2 aromatic heterocycles. The normalized spacial score (nSPS) is 12.3. The quantitative estimate of drug-likeness (QED) is 0.514. The number of ether oxygens (including phenoxy) is 1. The second kappa shape index (κ2) is 8.98. The van der Waals surface area contributed by atoms with Crippen LogP contribution in [0, 0.1) is 6.92 Å². The van der Waals surface area contributed by atoms with Crippen LogP contribution in [-0.4, -0.2) is 27.4 Å². The van der Waals surface area contributed by atoms with Crippen LogP contribution >= 0.6 is 0 Å². The number of nitrogens with one attached hydrogen (secondary N) is 2. The average Bonchev–Trinajstić information content (AvgIpc) is 2.69. The van der Waals surface area contributed by atoms with Gasteiger partial charge in [0.2, 0.25) is 5.95 Å². The van der Waals surface area contributed by atoms with E-state index in [0.717, 1.165) is 6.42 Å². The molecule has 1 aromatic carbocycles. The van der Waals surface area contributed by atoms with E-state index in [-0.39, 0.29) is 11.8 Å². The number of nitrogens with zero attached hydrogens (tertiary/aromatic N) is 3. The molecule has 0 unspecified atom stereocenters. The minimum Gasteiger partial charge on any atom is -0.406 e. The van der Waals surface area contributed by atoms with Crippen molar-refractivity contribution in [3.63, 3.8) is 0 Å². The molecule has 0 amide bonds. The van der Waals surface area contributed by atoms with Crippen molar-refractivity contribution in [1.29, 1.82) is 0 Å². The van der Waals surface area contributed by atoms with Gasteiger partial charge in [-0.2, -0.15) is 4.98 Å². The Morgan fingerprint density at radius 3 is 2.50 bits per heavy atom. The van der Waals surface area contributed by atoms with Gasteiger partial charge >= 0.3 is 6.36 Å². The van der Waals surface area contributed by atoms with Crippen LogP contribution in [-0.2, 0) is 0 Å². The number of pyridine rings is 1. The van der Waals surface area contributed by atoms with Crippen molar-refractivity contribution in [2.45, 2.75) is 39.6 Å². The Morgan fingerprint density at radius 1 is 1.07 bits per heavy atom. The molecule has 158 valence electrons. The van der Waals surface area contributed by atoms with Crippen LogP contribution in [0.25, 0.3) is 11.4 Å². The highest BCUT2D eigenvalue weighted by Crippen LogP contribution is 2.29. The maximum Gasteiger partial charge on any atom is 0.573 e. The average molecular weight is 417 g/mol. The van der Waals surface area contributed by atoms with Crippen molar-refractivity contribution in [2.24, 2.45) is 0 Å². The molecule has 3 aromatic rings. The SMILES string of the molecule is CC[C@H](C)Nc1nc(Nc2ccc(OC(F)(F)F)cc2C)cc(-c2ccccn2)n1. The summed E-state index contributed by atoms with van der Waals surface area (Å²) >= 11 is 0. The molecule has 9 heteroatoms. The third kappa shape index (κ3) is 5.82. The van der Waals surface area contributed by atoms with E-state index >= 15 is 0 Å². The predicted octanol–water partition coefficient (Wildman–Crippen LogP) is 5.70. The summed E-state index contributed by atoms with van der Waals surface area (Å²) in [5.74, 6) is 0.648. The second-order valence-corrected chi connectivity index (χ2v) is 6.78. The largest absolute Gasteiger partial charge is 0.573 e. The van der Waals surface area contributed by atoms with Crippen molar-refractivity contribution < 1.29 is 17.9 Å². The molecule has 30 heavy (non-hydrogen) atoms. The molecule has 0 fully saturated rings. The topological polar surface area (TPSA) is 72.0 Å². The molecule has 0 spiro atoms. The Balaban J connectivity index is 1.92. The van der Waals surface area contributed by atoms with Gasteiger partial charge in [0.05, 0.1) is 11.4 Å². The van der Waals surface area contributed by atoms with Gasteiger partial charge in [-0.3, -0.25) is 4.98 Å². The maximum atomic E-state index is 12.4. The molecule has 0 radical (unpaired) electrons. The number of alkyl halides is 3. The van der Waals surface area contributed by atoms with E-state index in [1.54, 1.807) is 19.2 Å². The fourth-order valence-electron chi connectivity index (χ4n) is 2.66. The van der Waals surface area contributed by atoms with Gasteiger partial charge in [0.25, 0.3) is 0 Å². The number of benzene rings is 1. The number of rotatable bonds is 7. The molecule has 0 saturated heterocycles. The van der Waals surface area contributed by atoms with Crippen molar-refractivity contribution in [3.05, 3.63) is 54.2 Å². The molecule has 6 nitrogen and oxygen atoms in total. The lowest BCUT2D eigenvalue weighted by atomic mass is 10.2. The number of hydrogen-bond acceptors (Lipinski definition) is 6. The first-order valence-electron chi connectivity index (χ1n) is 9.44. The van der Waals surface area contributed by atoms with Crippen molar-refractivity contribution >= 4 is 17.5 Å².